The zero-order valence-electron chi connectivity index (χ0n) is 18.2. The molecule has 0 amide bonds. The maximum absolute atomic E-state index is 12.4. The molecular formula is C26H27NO5. The summed E-state index contributed by atoms with van der Waals surface area (Å²) in [6.07, 6.45) is 9.06. The maximum Gasteiger partial charge on any atom is 0.331 e. The molecule has 32 heavy (non-hydrogen) atoms. The molecule has 1 aliphatic rings. The number of hydrogen-bond donors (Lipinski definition) is 0. The normalized spacial score (nSPS) is 14.0. The van der Waals surface area contributed by atoms with E-state index in [-0.39, 0.29) is 19.0 Å². The van der Waals surface area contributed by atoms with Crippen molar-refractivity contribution in [2.24, 2.45) is 0 Å². The van der Waals surface area contributed by atoms with Gasteiger partial charge in [0.05, 0.1) is 7.11 Å². The molecule has 6 heteroatoms. The van der Waals surface area contributed by atoms with Gasteiger partial charge in [0.2, 0.25) is 0 Å². The Morgan fingerprint density at radius 2 is 1.81 bits per heavy atom. The van der Waals surface area contributed by atoms with E-state index in [2.05, 4.69) is 0 Å². The lowest BCUT2D eigenvalue weighted by Gasteiger charge is -2.22. The Labute approximate surface area is 188 Å². The summed E-state index contributed by atoms with van der Waals surface area (Å²) in [6.45, 7) is -0.397. The lowest BCUT2D eigenvalue weighted by molar-refractivity contribution is -0.136. The Morgan fingerprint density at radius 1 is 1.06 bits per heavy atom. The van der Waals surface area contributed by atoms with Crippen LogP contribution in [0, 0.1) is 11.3 Å². The Morgan fingerprint density at radius 3 is 2.50 bits per heavy atom. The molecule has 2 aromatic rings. The summed E-state index contributed by atoms with van der Waals surface area (Å²) in [5, 5.41) is 8.62. The molecule has 0 aliphatic heterocycles. The summed E-state index contributed by atoms with van der Waals surface area (Å²) in [5.41, 5.74) is 2.51. The van der Waals surface area contributed by atoms with Crippen molar-refractivity contribution >= 4 is 17.8 Å². The average molecular weight is 434 g/mol. The number of nitrogens with zero attached hydrogens (tertiary/aromatic N) is 1. The van der Waals surface area contributed by atoms with Crippen LogP contribution in [0.1, 0.15) is 59.5 Å². The molecule has 6 nitrogen and oxygen atoms in total. The van der Waals surface area contributed by atoms with Crippen molar-refractivity contribution in [3.63, 3.8) is 0 Å². The molecule has 2 aromatic carbocycles. The largest absolute Gasteiger partial charge is 0.493 e. The number of Topliss-reactive ketones (excluding diaryl/α,β-unsaturated/α-hetero) is 1. The Hall–Kier alpha value is -3.59. The molecule has 0 bridgehead atoms. The van der Waals surface area contributed by atoms with E-state index in [1.165, 1.54) is 50.9 Å². The second kappa shape index (κ2) is 11.7. The molecule has 0 saturated heterocycles. The molecular weight excluding hydrogens is 406 g/mol. The number of carbonyl (C=O) groups is 2. The van der Waals surface area contributed by atoms with Gasteiger partial charge >= 0.3 is 5.97 Å². The quantitative estimate of drug-likeness (QED) is 0.311. The van der Waals surface area contributed by atoms with Crippen LogP contribution in [-0.2, 0) is 9.53 Å². The maximum atomic E-state index is 12.4. The van der Waals surface area contributed by atoms with Gasteiger partial charge in [-0.15, -0.1) is 0 Å². The topological polar surface area (TPSA) is 85.6 Å². The van der Waals surface area contributed by atoms with Crippen LogP contribution in [0.15, 0.2) is 48.5 Å². The van der Waals surface area contributed by atoms with Gasteiger partial charge in [0.1, 0.15) is 6.07 Å². The predicted octanol–water partition coefficient (Wildman–Crippen LogP) is 5.08. The minimum absolute atomic E-state index is 0.0881. The van der Waals surface area contributed by atoms with Crippen LogP contribution in [0.2, 0.25) is 0 Å². The smallest absolute Gasteiger partial charge is 0.331 e. The Bertz CT molecular complexity index is 998. The zero-order valence-corrected chi connectivity index (χ0v) is 18.2. The summed E-state index contributed by atoms with van der Waals surface area (Å²) in [4.78, 5) is 24.4. The van der Waals surface area contributed by atoms with E-state index in [1.807, 2.05) is 30.3 Å². The molecule has 0 radical (unpaired) electrons. The van der Waals surface area contributed by atoms with Crippen molar-refractivity contribution in [2.75, 3.05) is 20.3 Å². The summed E-state index contributed by atoms with van der Waals surface area (Å²) in [6, 6.07) is 14.6. The number of hydrogen-bond acceptors (Lipinski definition) is 6. The van der Waals surface area contributed by atoms with Gasteiger partial charge < -0.3 is 14.2 Å². The minimum Gasteiger partial charge on any atom is -0.493 e. The summed E-state index contributed by atoms with van der Waals surface area (Å²) >= 11 is 0. The van der Waals surface area contributed by atoms with Crippen LogP contribution in [0.4, 0.5) is 0 Å². The van der Waals surface area contributed by atoms with E-state index < -0.39 is 5.97 Å². The third kappa shape index (κ3) is 6.45. The number of rotatable bonds is 9. The summed E-state index contributed by atoms with van der Waals surface area (Å²) in [5.74, 6) is 0.626. The number of ether oxygens (including phenoxy) is 3. The monoisotopic (exact) mass is 433 g/mol. The van der Waals surface area contributed by atoms with Gasteiger partial charge in [0, 0.05) is 11.6 Å². The van der Waals surface area contributed by atoms with Gasteiger partial charge in [-0.2, -0.15) is 5.26 Å². The van der Waals surface area contributed by atoms with Crippen LogP contribution in [0.3, 0.4) is 0 Å². The lowest BCUT2D eigenvalue weighted by atomic mass is 9.84. The molecule has 3 rings (SSSR count). The van der Waals surface area contributed by atoms with E-state index in [4.69, 9.17) is 19.5 Å². The van der Waals surface area contributed by atoms with E-state index in [0.29, 0.717) is 28.5 Å². The first-order valence-corrected chi connectivity index (χ1v) is 10.8. The first kappa shape index (κ1) is 23.1. The van der Waals surface area contributed by atoms with Crippen molar-refractivity contribution in [1.82, 2.24) is 0 Å². The van der Waals surface area contributed by atoms with Crippen molar-refractivity contribution in [1.29, 1.82) is 5.26 Å². The summed E-state index contributed by atoms with van der Waals surface area (Å²) < 4.78 is 15.6. The van der Waals surface area contributed by atoms with Gasteiger partial charge in [0.25, 0.3) is 0 Å². The molecule has 1 aliphatic carbocycles. The van der Waals surface area contributed by atoms with Crippen molar-refractivity contribution in [3.8, 4) is 17.6 Å². The highest BCUT2D eigenvalue weighted by Gasteiger charge is 2.16. The molecule has 0 N–H and O–H groups in total. The average Bonchev–Trinajstić information content (AvgIpc) is 2.85. The number of methoxy groups -OCH3 is 1. The van der Waals surface area contributed by atoms with Gasteiger partial charge in [-0.3, -0.25) is 4.79 Å². The lowest BCUT2D eigenvalue weighted by Crippen LogP contribution is -2.13. The van der Waals surface area contributed by atoms with Crippen LogP contribution in [0.5, 0.6) is 11.5 Å². The van der Waals surface area contributed by atoms with Gasteiger partial charge in [-0.25, -0.2) is 4.79 Å². The zero-order chi connectivity index (χ0) is 22.8. The standard InChI is InChI=1S/C26H27NO5/c1-30-25-17-19(7-13-24(25)31-16-15-27)8-14-26(29)32-18-23(28)22-11-9-21(10-12-22)20-5-3-2-4-6-20/h7-14,17,20H,2-6,16,18H2,1H3. The highest BCUT2D eigenvalue weighted by molar-refractivity contribution is 5.98. The van der Waals surface area contributed by atoms with Crippen LogP contribution in [0.25, 0.3) is 6.08 Å². The molecule has 166 valence electrons. The highest BCUT2D eigenvalue weighted by Crippen LogP contribution is 2.32. The second-order valence-electron chi connectivity index (χ2n) is 7.68. The SMILES string of the molecule is COc1cc(C=CC(=O)OCC(=O)c2ccc(C3CCCCC3)cc2)ccc1OCC#N. The summed E-state index contributed by atoms with van der Waals surface area (Å²) in [7, 11) is 1.49. The van der Waals surface area contributed by atoms with Crippen LogP contribution in [-0.4, -0.2) is 32.1 Å². The van der Waals surface area contributed by atoms with Gasteiger partial charge in [-0.05, 0) is 48.1 Å². The number of ketones is 1. The van der Waals surface area contributed by atoms with Gasteiger partial charge in [-0.1, -0.05) is 49.6 Å². The molecule has 0 spiro atoms. The predicted molar refractivity (Wildman–Crippen MR) is 121 cm³/mol. The second-order valence-corrected chi connectivity index (χ2v) is 7.68. The van der Waals surface area contributed by atoms with Gasteiger partial charge in [0.15, 0.2) is 30.5 Å². The number of esters is 1. The van der Waals surface area contributed by atoms with Crippen molar-refractivity contribution in [2.45, 2.75) is 38.0 Å². The third-order valence-electron chi connectivity index (χ3n) is 5.55. The minimum atomic E-state index is -0.610. The molecule has 0 heterocycles. The molecule has 0 unspecified atom stereocenters. The molecule has 0 atom stereocenters. The van der Waals surface area contributed by atoms with E-state index in [9.17, 15) is 9.59 Å². The van der Waals surface area contributed by atoms with Crippen molar-refractivity contribution < 1.29 is 23.8 Å². The molecule has 0 aromatic heterocycles. The van der Waals surface area contributed by atoms with Crippen LogP contribution < -0.4 is 9.47 Å². The third-order valence-corrected chi connectivity index (χ3v) is 5.55. The van der Waals surface area contributed by atoms with Crippen molar-refractivity contribution in [3.05, 3.63) is 65.2 Å². The fraction of sp³-hybridized carbons (Fsp3) is 0.346. The molecule has 1 fully saturated rings. The number of benzene rings is 2. The Balaban J connectivity index is 1.51. The first-order valence-electron chi connectivity index (χ1n) is 10.8. The molecule has 1 saturated carbocycles. The fourth-order valence-electron chi connectivity index (χ4n) is 3.83. The van der Waals surface area contributed by atoms with E-state index in [1.54, 1.807) is 24.3 Å². The first-order chi connectivity index (χ1) is 15.6. The fourth-order valence-corrected chi connectivity index (χ4v) is 3.83. The van der Waals surface area contributed by atoms with E-state index in [0.717, 1.165) is 0 Å². The van der Waals surface area contributed by atoms with E-state index >= 15 is 0 Å². The number of nitriles is 1. The number of carbonyl (C=O) groups excluding carboxylic acids is 2. The highest BCUT2D eigenvalue weighted by atomic mass is 16.5. The van der Waals surface area contributed by atoms with Crippen LogP contribution >= 0.6 is 0 Å². The Kier molecular flexibility index (Phi) is 8.44.